The molecule has 1 N–H and O–H groups in total. The predicted molar refractivity (Wildman–Crippen MR) is 80.5 cm³/mol. The molecule has 0 aliphatic carbocycles. The maximum Gasteiger partial charge on any atom is 0.0710 e. The van der Waals surface area contributed by atoms with Crippen molar-refractivity contribution in [3.63, 3.8) is 0 Å². The van der Waals surface area contributed by atoms with Crippen molar-refractivity contribution in [3.8, 4) is 0 Å². The first-order valence-electron chi connectivity index (χ1n) is 8.17. The van der Waals surface area contributed by atoms with Crippen LogP contribution in [-0.2, 0) is 4.74 Å². The molecule has 0 bridgehead atoms. The monoisotopic (exact) mass is 268 g/mol. The average molecular weight is 268 g/mol. The molecule has 3 atom stereocenters. The number of likely N-dealkylation sites (tertiary alicyclic amines) is 1. The first-order valence-corrected chi connectivity index (χ1v) is 8.17. The molecule has 112 valence electrons. The van der Waals surface area contributed by atoms with Gasteiger partial charge in [-0.2, -0.15) is 0 Å². The predicted octanol–water partition coefficient (Wildman–Crippen LogP) is 2.65. The van der Waals surface area contributed by atoms with Crippen LogP contribution in [0.4, 0.5) is 0 Å². The van der Waals surface area contributed by atoms with E-state index in [2.05, 4.69) is 37.9 Å². The van der Waals surface area contributed by atoms with E-state index in [4.69, 9.17) is 4.74 Å². The number of piperidine rings is 1. The molecule has 2 fully saturated rings. The lowest BCUT2D eigenvalue weighted by Crippen LogP contribution is -2.50. The van der Waals surface area contributed by atoms with E-state index < -0.39 is 0 Å². The van der Waals surface area contributed by atoms with Gasteiger partial charge in [0, 0.05) is 19.1 Å². The number of nitrogens with one attached hydrogen (secondary N) is 1. The zero-order valence-electron chi connectivity index (χ0n) is 13.2. The molecule has 2 aliphatic heterocycles. The molecule has 0 aromatic rings. The Labute approximate surface area is 119 Å². The summed E-state index contributed by atoms with van der Waals surface area (Å²) in [6.45, 7) is 13.7. The van der Waals surface area contributed by atoms with Crippen LogP contribution in [0.2, 0.25) is 0 Å². The van der Waals surface area contributed by atoms with Gasteiger partial charge < -0.3 is 15.0 Å². The fourth-order valence-electron chi connectivity index (χ4n) is 3.71. The molecule has 2 heterocycles. The highest BCUT2D eigenvalue weighted by atomic mass is 16.5. The Morgan fingerprint density at radius 1 is 1.26 bits per heavy atom. The number of nitrogens with zero attached hydrogens (tertiary/aromatic N) is 1. The van der Waals surface area contributed by atoms with Crippen LogP contribution in [0.3, 0.4) is 0 Å². The summed E-state index contributed by atoms with van der Waals surface area (Å²) in [7, 11) is 0. The Bertz CT molecular complexity index is 280. The molecule has 0 aromatic heterocycles. The number of ether oxygens (including phenoxy) is 1. The molecule has 3 unspecified atom stereocenters. The van der Waals surface area contributed by atoms with Gasteiger partial charge in [-0.3, -0.25) is 0 Å². The van der Waals surface area contributed by atoms with E-state index in [0.29, 0.717) is 6.10 Å². The number of rotatable bonds is 5. The Morgan fingerprint density at radius 2 is 2.05 bits per heavy atom. The van der Waals surface area contributed by atoms with Crippen molar-refractivity contribution in [1.82, 2.24) is 10.2 Å². The van der Waals surface area contributed by atoms with Gasteiger partial charge in [0.15, 0.2) is 0 Å². The number of hydrogen-bond donors (Lipinski definition) is 1. The average Bonchev–Trinajstić information content (AvgIpc) is 2.71. The van der Waals surface area contributed by atoms with Crippen LogP contribution in [0.25, 0.3) is 0 Å². The van der Waals surface area contributed by atoms with Crippen molar-refractivity contribution in [2.24, 2.45) is 5.92 Å². The van der Waals surface area contributed by atoms with E-state index in [1.807, 2.05) is 0 Å². The molecule has 2 saturated heterocycles. The summed E-state index contributed by atoms with van der Waals surface area (Å²) in [6, 6.07) is 0.729. The molecule has 2 rings (SSSR count). The lowest BCUT2D eigenvalue weighted by atomic mass is 9.89. The molecule has 19 heavy (non-hydrogen) atoms. The first kappa shape index (κ1) is 15.3. The minimum atomic E-state index is 0.108. The fourth-order valence-corrected chi connectivity index (χ4v) is 3.71. The second-order valence-electron chi connectivity index (χ2n) is 6.92. The summed E-state index contributed by atoms with van der Waals surface area (Å²) in [5, 5.41) is 3.65. The highest BCUT2D eigenvalue weighted by Crippen LogP contribution is 2.30. The standard InChI is InChI=1S/C16H32N2O/c1-5-13-11-18(10-8-15(13)17-6-2)12-14-7-9-16(3,4)19-14/h13-15,17H,5-12H2,1-4H3. The van der Waals surface area contributed by atoms with Gasteiger partial charge in [0.05, 0.1) is 11.7 Å². The third-order valence-electron chi connectivity index (χ3n) is 4.82. The van der Waals surface area contributed by atoms with Crippen LogP contribution in [-0.4, -0.2) is 48.8 Å². The van der Waals surface area contributed by atoms with Crippen LogP contribution in [0, 0.1) is 5.92 Å². The SMILES string of the molecule is CCNC1CCN(CC2CCC(C)(C)O2)CC1CC. The molecule has 0 radical (unpaired) electrons. The largest absolute Gasteiger partial charge is 0.371 e. The van der Waals surface area contributed by atoms with Crippen LogP contribution in [0.1, 0.15) is 53.4 Å². The molecule has 3 heteroatoms. The third-order valence-corrected chi connectivity index (χ3v) is 4.82. The summed E-state index contributed by atoms with van der Waals surface area (Å²) >= 11 is 0. The summed E-state index contributed by atoms with van der Waals surface area (Å²) < 4.78 is 6.14. The topological polar surface area (TPSA) is 24.5 Å². The lowest BCUT2D eigenvalue weighted by Gasteiger charge is -2.39. The molecule has 0 spiro atoms. The first-order chi connectivity index (χ1) is 9.04. The number of hydrogen-bond acceptors (Lipinski definition) is 3. The van der Waals surface area contributed by atoms with E-state index in [1.165, 1.54) is 38.8 Å². The minimum absolute atomic E-state index is 0.108. The smallest absolute Gasteiger partial charge is 0.0710 e. The maximum absolute atomic E-state index is 6.14. The molecule has 3 nitrogen and oxygen atoms in total. The summed E-state index contributed by atoms with van der Waals surface area (Å²) in [4.78, 5) is 2.63. The quantitative estimate of drug-likeness (QED) is 0.829. The van der Waals surface area contributed by atoms with E-state index in [0.717, 1.165) is 25.0 Å². The molecule has 2 aliphatic rings. The van der Waals surface area contributed by atoms with Gasteiger partial charge in [-0.25, -0.2) is 0 Å². The molecule has 0 aromatic carbocycles. The zero-order chi connectivity index (χ0) is 13.9. The Balaban J connectivity index is 1.80. The van der Waals surface area contributed by atoms with E-state index in [-0.39, 0.29) is 5.60 Å². The van der Waals surface area contributed by atoms with E-state index in [9.17, 15) is 0 Å². The van der Waals surface area contributed by atoms with Gasteiger partial charge in [-0.05, 0) is 52.1 Å². The normalized spacial score (nSPS) is 35.7. The molecular weight excluding hydrogens is 236 g/mol. The zero-order valence-corrected chi connectivity index (χ0v) is 13.2. The maximum atomic E-state index is 6.14. The molecular formula is C16H32N2O. The second kappa shape index (κ2) is 6.55. The van der Waals surface area contributed by atoms with Crippen molar-refractivity contribution >= 4 is 0 Å². The van der Waals surface area contributed by atoms with Crippen LogP contribution >= 0.6 is 0 Å². The molecule has 0 saturated carbocycles. The fraction of sp³-hybridized carbons (Fsp3) is 1.00. The van der Waals surface area contributed by atoms with E-state index in [1.54, 1.807) is 0 Å². The second-order valence-corrected chi connectivity index (χ2v) is 6.92. The lowest BCUT2D eigenvalue weighted by molar-refractivity contribution is -0.0346. The van der Waals surface area contributed by atoms with Gasteiger partial charge in [-0.1, -0.05) is 20.3 Å². The van der Waals surface area contributed by atoms with Crippen molar-refractivity contribution < 1.29 is 4.74 Å². The van der Waals surface area contributed by atoms with Crippen molar-refractivity contribution in [1.29, 1.82) is 0 Å². The highest BCUT2D eigenvalue weighted by molar-refractivity contribution is 4.88. The minimum Gasteiger partial charge on any atom is -0.371 e. The Hall–Kier alpha value is -0.120. The summed E-state index contributed by atoms with van der Waals surface area (Å²) in [5.41, 5.74) is 0.108. The van der Waals surface area contributed by atoms with E-state index >= 15 is 0 Å². The van der Waals surface area contributed by atoms with Crippen LogP contribution < -0.4 is 5.32 Å². The van der Waals surface area contributed by atoms with Crippen molar-refractivity contribution in [2.75, 3.05) is 26.2 Å². The van der Waals surface area contributed by atoms with Gasteiger partial charge in [0.2, 0.25) is 0 Å². The molecule has 0 amide bonds. The van der Waals surface area contributed by atoms with Crippen molar-refractivity contribution in [3.05, 3.63) is 0 Å². The van der Waals surface area contributed by atoms with Gasteiger partial charge in [-0.15, -0.1) is 0 Å². The van der Waals surface area contributed by atoms with Crippen LogP contribution in [0.5, 0.6) is 0 Å². The van der Waals surface area contributed by atoms with Gasteiger partial charge in [0.1, 0.15) is 0 Å². The summed E-state index contributed by atoms with van der Waals surface area (Å²) in [6.07, 6.45) is 5.48. The van der Waals surface area contributed by atoms with Gasteiger partial charge >= 0.3 is 0 Å². The van der Waals surface area contributed by atoms with Crippen LogP contribution in [0.15, 0.2) is 0 Å². The third kappa shape index (κ3) is 4.17. The highest BCUT2D eigenvalue weighted by Gasteiger charge is 2.34. The Kier molecular flexibility index (Phi) is 5.27. The van der Waals surface area contributed by atoms with Gasteiger partial charge in [0.25, 0.3) is 0 Å². The Morgan fingerprint density at radius 3 is 2.63 bits per heavy atom. The summed E-state index contributed by atoms with van der Waals surface area (Å²) in [5.74, 6) is 0.808. The van der Waals surface area contributed by atoms with Crippen molar-refractivity contribution in [2.45, 2.75) is 71.1 Å².